The largest absolute Gasteiger partial charge is 0.465 e. The molecule has 0 saturated heterocycles. The molecule has 0 aliphatic heterocycles. The molecule has 0 atom stereocenters. The fraction of sp³-hybridized carbons (Fsp3) is 0.538. The molecule has 32 heavy (non-hydrogen) atoms. The van der Waals surface area contributed by atoms with E-state index in [0.29, 0.717) is 24.3 Å². The molecule has 0 bridgehead atoms. The third kappa shape index (κ3) is 5.30. The van der Waals surface area contributed by atoms with Crippen LogP contribution in [0.4, 0.5) is 5.69 Å². The Hall–Kier alpha value is -2.44. The van der Waals surface area contributed by atoms with Crippen molar-refractivity contribution in [3.8, 4) is 11.1 Å². The van der Waals surface area contributed by atoms with E-state index in [1.807, 2.05) is 31.3 Å². The van der Waals surface area contributed by atoms with Crippen LogP contribution in [0.5, 0.6) is 0 Å². The SMILES string of the molecule is CCN(c1cc(-c2ccc(COC)nc2)cc(C(=O)OC)c1C)[C@H]1CC[C@H](N(C)C)CC1. The molecule has 0 spiro atoms. The Morgan fingerprint density at radius 3 is 2.28 bits per heavy atom. The van der Waals surface area contributed by atoms with Crippen LogP contribution in [0.1, 0.15) is 54.2 Å². The number of carbonyl (C=O) groups is 1. The second kappa shape index (κ2) is 10.9. The van der Waals surface area contributed by atoms with Crippen LogP contribution < -0.4 is 4.90 Å². The van der Waals surface area contributed by atoms with E-state index in [4.69, 9.17) is 9.47 Å². The van der Waals surface area contributed by atoms with E-state index in [-0.39, 0.29) is 5.97 Å². The molecule has 1 aliphatic rings. The summed E-state index contributed by atoms with van der Waals surface area (Å²) in [7, 11) is 7.45. The van der Waals surface area contributed by atoms with Crippen molar-refractivity contribution >= 4 is 11.7 Å². The van der Waals surface area contributed by atoms with Crippen molar-refractivity contribution in [3.05, 3.63) is 47.3 Å². The maximum atomic E-state index is 12.6. The summed E-state index contributed by atoms with van der Waals surface area (Å²) < 4.78 is 10.3. The highest BCUT2D eigenvalue weighted by atomic mass is 16.5. The number of methoxy groups -OCH3 is 2. The lowest BCUT2D eigenvalue weighted by atomic mass is 9.88. The molecular weight excluding hydrogens is 402 g/mol. The van der Waals surface area contributed by atoms with Gasteiger partial charge in [-0.15, -0.1) is 0 Å². The van der Waals surface area contributed by atoms with Crippen LogP contribution in [-0.2, 0) is 16.1 Å². The summed E-state index contributed by atoms with van der Waals surface area (Å²) in [5.74, 6) is -0.304. The summed E-state index contributed by atoms with van der Waals surface area (Å²) in [6.45, 7) is 5.60. The van der Waals surface area contributed by atoms with Crippen LogP contribution >= 0.6 is 0 Å². The fourth-order valence-electron chi connectivity index (χ4n) is 4.83. The van der Waals surface area contributed by atoms with Gasteiger partial charge in [0.25, 0.3) is 0 Å². The van der Waals surface area contributed by atoms with Gasteiger partial charge in [-0.25, -0.2) is 4.79 Å². The van der Waals surface area contributed by atoms with Crippen LogP contribution in [0, 0.1) is 6.92 Å². The van der Waals surface area contributed by atoms with Gasteiger partial charge in [0.2, 0.25) is 0 Å². The number of esters is 1. The summed E-state index contributed by atoms with van der Waals surface area (Å²) in [6, 6.07) is 9.26. The van der Waals surface area contributed by atoms with Gasteiger partial charge in [0.15, 0.2) is 0 Å². The van der Waals surface area contributed by atoms with Gasteiger partial charge in [-0.3, -0.25) is 4.98 Å². The summed E-state index contributed by atoms with van der Waals surface area (Å²) >= 11 is 0. The number of pyridine rings is 1. The molecule has 0 N–H and O–H groups in total. The first-order valence-corrected chi connectivity index (χ1v) is 11.5. The second-order valence-corrected chi connectivity index (χ2v) is 8.84. The van der Waals surface area contributed by atoms with Crippen molar-refractivity contribution in [3.63, 3.8) is 0 Å². The standard InChI is InChI=1S/C26H37N3O3/c1-7-29(23-12-10-22(11-13-23)28(3)4)25-15-20(14-24(18(25)2)26(30)32-6)19-8-9-21(17-31-5)27-16-19/h8-9,14-16,22-23H,7,10-13,17H2,1-6H3/t22-,23-. The summed E-state index contributed by atoms with van der Waals surface area (Å²) in [4.78, 5) is 22.0. The molecule has 2 aromatic rings. The Bertz CT molecular complexity index is 903. The number of aromatic nitrogens is 1. The van der Waals surface area contributed by atoms with Crippen LogP contribution in [0.3, 0.4) is 0 Å². The van der Waals surface area contributed by atoms with E-state index in [0.717, 1.165) is 47.5 Å². The number of carbonyl (C=O) groups excluding carboxylic acids is 1. The predicted octanol–water partition coefficient (Wildman–Crippen LogP) is 4.69. The van der Waals surface area contributed by atoms with Crippen LogP contribution in [-0.4, -0.2) is 62.8 Å². The summed E-state index contributed by atoms with van der Waals surface area (Å²) in [6.07, 6.45) is 6.55. The fourth-order valence-corrected chi connectivity index (χ4v) is 4.83. The molecule has 1 saturated carbocycles. The minimum Gasteiger partial charge on any atom is -0.465 e. The number of hydrogen-bond donors (Lipinski definition) is 0. The van der Waals surface area contributed by atoms with Gasteiger partial charge in [0.1, 0.15) is 0 Å². The van der Waals surface area contributed by atoms with E-state index in [9.17, 15) is 4.79 Å². The molecule has 1 aliphatic carbocycles. The lowest BCUT2D eigenvalue weighted by Crippen LogP contribution is -2.42. The summed E-state index contributed by atoms with van der Waals surface area (Å²) in [5.41, 5.74) is 5.53. The molecule has 1 heterocycles. The minimum atomic E-state index is -0.304. The number of rotatable bonds is 8. The Balaban J connectivity index is 1.99. The maximum absolute atomic E-state index is 12.6. The first kappa shape index (κ1) is 24.2. The zero-order valence-corrected chi connectivity index (χ0v) is 20.4. The molecule has 0 amide bonds. The summed E-state index contributed by atoms with van der Waals surface area (Å²) in [5, 5.41) is 0. The lowest BCUT2D eigenvalue weighted by Gasteiger charge is -2.40. The predicted molar refractivity (Wildman–Crippen MR) is 129 cm³/mol. The van der Waals surface area contributed by atoms with E-state index in [2.05, 4.69) is 41.9 Å². The van der Waals surface area contributed by atoms with E-state index in [1.54, 1.807) is 7.11 Å². The topological polar surface area (TPSA) is 54.9 Å². The Morgan fingerprint density at radius 1 is 1.06 bits per heavy atom. The van der Waals surface area contributed by atoms with Crippen LogP contribution in [0.2, 0.25) is 0 Å². The lowest BCUT2D eigenvalue weighted by molar-refractivity contribution is 0.0600. The first-order chi connectivity index (χ1) is 15.4. The molecule has 174 valence electrons. The Morgan fingerprint density at radius 2 is 1.75 bits per heavy atom. The number of ether oxygens (including phenoxy) is 2. The number of hydrogen-bond acceptors (Lipinski definition) is 6. The van der Waals surface area contributed by atoms with Crippen molar-refractivity contribution in [2.45, 2.75) is 58.2 Å². The zero-order valence-electron chi connectivity index (χ0n) is 20.4. The van der Waals surface area contributed by atoms with Gasteiger partial charge >= 0.3 is 5.97 Å². The van der Waals surface area contributed by atoms with E-state index >= 15 is 0 Å². The number of benzene rings is 1. The molecule has 6 nitrogen and oxygen atoms in total. The van der Waals surface area contributed by atoms with Crippen molar-refractivity contribution < 1.29 is 14.3 Å². The number of anilines is 1. The van der Waals surface area contributed by atoms with Gasteiger partial charge in [0, 0.05) is 43.2 Å². The Kier molecular flexibility index (Phi) is 8.26. The van der Waals surface area contributed by atoms with Gasteiger partial charge in [-0.05, 0) is 83.0 Å². The highest BCUT2D eigenvalue weighted by Crippen LogP contribution is 2.35. The average molecular weight is 440 g/mol. The molecule has 6 heteroatoms. The second-order valence-electron chi connectivity index (χ2n) is 8.84. The minimum absolute atomic E-state index is 0.304. The normalized spacial score (nSPS) is 18.6. The molecule has 1 fully saturated rings. The monoisotopic (exact) mass is 439 g/mol. The van der Waals surface area contributed by atoms with Crippen molar-refractivity contribution in [2.75, 3.05) is 39.8 Å². The smallest absolute Gasteiger partial charge is 0.338 e. The quantitative estimate of drug-likeness (QED) is 0.556. The number of nitrogens with zero attached hydrogens (tertiary/aromatic N) is 3. The first-order valence-electron chi connectivity index (χ1n) is 11.5. The maximum Gasteiger partial charge on any atom is 0.338 e. The highest BCUT2D eigenvalue weighted by molar-refractivity contribution is 5.95. The van der Waals surface area contributed by atoms with Crippen LogP contribution in [0.25, 0.3) is 11.1 Å². The molecule has 0 unspecified atom stereocenters. The third-order valence-corrected chi connectivity index (χ3v) is 6.72. The molecular formula is C26H37N3O3. The van der Waals surface area contributed by atoms with Gasteiger partial charge in [-0.2, -0.15) is 0 Å². The van der Waals surface area contributed by atoms with Gasteiger partial charge in [-0.1, -0.05) is 6.07 Å². The third-order valence-electron chi connectivity index (χ3n) is 6.72. The molecule has 1 aromatic heterocycles. The van der Waals surface area contributed by atoms with E-state index in [1.165, 1.54) is 20.0 Å². The Labute approximate surface area is 192 Å². The average Bonchev–Trinajstić information content (AvgIpc) is 2.81. The van der Waals surface area contributed by atoms with Gasteiger partial charge < -0.3 is 19.3 Å². The van der Waals surface area contributed by atoms with Crippen molar-refractivity contribution in [1.29, 1.82) is 0 Å². The highest BCUT2D eigenvalue weighted by Gasteiger charge is 2.28. The zero-order chi connectivity index (χ0) is 23.3. The molecule has 0 radical (unpaired) electrons. The molecule has 3 rings (SSSR count). The van der Waals surface area contributed by atoms with Crippen molar-refractivity contribution in [1.82, 2.24) is 9.88 Å². The van der Waals surface area contributed by atoms with Crippen molar-refractivity contribution in [2.24, 2.45) is 0 Å². The van der Waals surface area contributed by atoms with Gasteiger partial charge in [0.05, 0.1) is 25.0 Å². The molecule has 1 aromatic carbocycles. The van der Waals surface area contributed by atoms with Crippen LogP contribution in [0.15, 0.2) is 30.5 Å². The van der Waals surface area contributed by atoms with E-state index < -0.39 is 0 Å².